The lowest BCUT2D eigenvalue weighted by molar-refractivity contribution is -0.0882. The summed E-state index contributed by atoms with van der Waals surface area (Å²) < 4.78 is 36.9. The first-order valence-electron chi connectivity index (χ1n) is 4.15. The van der Waals surface area contributed by atoms with E-state index in [-0.39, 0.29) is 5.92 Å². The van der Waals surface area contributed by atoms with Gasteiger partial charge in [-0.05, 0) is 24.3 Å². The smallest absolute Gasteiger partial charge is 0.405 e. The Kier molecular flexibility index (Phi) is 4.47. The second kappa shape index (κ2) is 4.88. The molecule has 80 valence electrons. The fourth-order valence-corrected chi connectivity index (χ4v) is 0.695. The molecule has 1 nitrogen and oxygen atoms in total. The van der Waals surface area contributed by atoms with Gasteiger partial charge in [-0.15, -0.1) is 0 Å². The molecule has 0 bridgehead atoms. The number of hydrogen-bond donors (Lipinski definition) is 1. The SMILES string of the molecule is C=C(/C=C(\C=C/N)C(F)(F)F)C(C)C. The van der Waals surface area contributed by atoms with E-state index in [9.17, 15) is 13.2 Å². The summed E-state index contributed by atoms with van der Waals surface area (Å²) in [5.41, 5.74) is 4.57. The maximum atomic E-state index is 12.3. The zero-order valence-electron chi connectivity index (χ0n) is 8.23. The van der Waals surface area contributed by atoms with Crippen LogP contribution in [0.3, 0.4) is 0 Å². The molecule has 0 atom stereocenters. The van der Waals surface area contributed by atoms with Gasteiger partial charge in [-0.3, -0.25) is 0 Å². The van der Waals surface area contributed by atoms with E-state index in [0.29, 0.717) is 5.57 Å². The third-order valence-corrected chi connectivity index (χ3v) is 1.69. The van der Waals surface area contributed by atoms with Crippen LogP contribution in [-0.4, -0.2) is 6.18 Å². The highest BCUT2D eigenvalue weighted by Crippen LogP contribution is 2.28. The van der Waals surface area contributed by atoms with Gasteiger partial charge >= 0.3 is 6.18 Å². The van der Waals surface area contributed by atoms with Crippen molar-refractivity contribution in [2.24, 2.45) is 11.7 Å². The van der Waals surface area contributed by atoms with Gasteiger partial charge in [-0.1, -0.05) is 26.0 Å². The Bertz CT molecular complexity index is 259. The van der Waals surface area contributed by atoms with Crippen molar-refractivity contribution in [3.63, 3.8) is 0 Å². The van der Waals surface area contributed by atoms with Crippen molar-refractivity contribution < 1.29 is 13.2 Å². The van der Waals surface area contributed by atoms with E-state index >= 15 is 0 Å². The van der Waals surface area contributed by atoms with Gasteiger partial charge in [-0.2, -0.15) is 13.2 Å². The van der Waals surface area contributed by atoms with Crippen LogP contribution in [0.25, 0.3) is 0 Å². The number of allylic oxidation sites excluding steroid dienone is 4. The van der Waals surface area contributed by atoms with Gasteiger partial charge < -0.3 is 5.73 Å². The van der Waals surface area contributed by atoms with Gasteiger partial charge in [-0.25, -0.2) is 0 Å². The molecule has 0 heterocycles. The zero-order chi connectivity index (χ0) is 11.4. The Morgan fingerprint density at radius 1 is 1.36 bits per heavy atom. The zero-order valence-corrected chi connectivity index (χ0v) is 8.23. The number of rotatable bonds is 3. The number of halogens is 3. The molecule has 0 spiro atoms. The van der Waals surface area contributed by atoms with E-state index < -0.39 is 11.7 Å². The minimum Gasteiger partial charge on any atom is -0.405 e. The highest BCUT2D eigenvalue weighted by Gasteiger charge is 2.31. The molecule has 0 fully saturated rings. The van der Waals surface area contributed by atoms with Crippen LogP contribution in [0.2, 0.25) is 0 Å². The van der Waals surface area contributed by atoms with Crippen LogP contribution in [0, 0.1) is 5.92 Å². The van der Waals surface area contributed by atoms with Crippen molar-refractivity contribution in [1.82, 2.24) is 0 Å². The summed E-state index contributed by atoms with van der Waals surface area (Å²) in [4.78, 5) is 0. The molecule has 0 aliphatic rings. The van der Waals surface area contributed by atoms with Crippen molar-refractivity contribution in [3.8, 4) is 0 Å². The first-order chi connectivity index (χ1) is 6.29. The fourth-order valence-electron chi connectivity index (χ4n) is 0.695. The highest BCUT2D eigenvalue weighted by molar-refractivity contribution is 5.32. The van der Waals surface area contributed by atoms with Crippen molar-refractivity contribution >= 4 is 0 Å². The Morgan fingerprint density at radius 3 is 2.14 bits per heavy atom. The molecule has 4 heteroatoms. The third kappa shape index (κ3) is 4.16. The molecule has 0 unspecified atom stereocenters. The van der Waals surface area contributed by atoms with Gasteiger partial charge in [0.05, 0.1) is 5.57 Å². The van der Waals surface area contributed by atoms with Crippen molar-refractivity contribution in [2.45, 2.75) is 20.0 Å². The minimum atomic E-state index is -4.38. The average molecular weight is 205 g/mol. The predicted octanol–water partition coefficient (Wildman–Crippen LogP) is 3.16. The molecule has 0 aromatic carbocycles. The van der Waals surface area contributed by atoms with E-state index in [1.54, 1.807) is 13.8 Å². The van der Waals surface area contributed by atoms with Gasteiger partial charge in [0, 0.05) is 0 Å². The van der Waals surface area contributed by atoms with E-state index in [2.05, 4.69) is 6.58 Å². The molecule has 0 aromatic heterocycles. The fraction of sp³-hybridized carbons (Fsp3) is 0.400. The van der Waals surface area contributed by atoms with Gasteiger partial charge in [0.1, 0.15) is 0 Å². The third-order valence-electron chi connectivity index (χ3n) is 1.69. The summed E-state index contributed by atoms with van der Waals surface area (Å²) >= 11 is 0. The quantitative estimate of drug-likeness (QED) is 0.703. The molecule has 0 aromatic rings. The van der Waals surface area contributed by atoms with Crippen LogP contribution in [0.4, 0.5) is 13.2 Å². The Hall–Kier alpha value is -1.19. The van der Waals surface area contributed by atoms with Crippen molar-refractivity contribution in [1.29, 1.82) is 0 Å². The second-order valence-corrected chi connectivity index (χ2v) is 3.19. The normalized spacial score (nSPS) is 14.0. The molecule has 0 rings (SSSR count). The largest absolute Gasteiger partial charge is 0.416 e. The number of hydrogen-bond acceptors (Lipinski definition) is 1. The summed E-state index contributed by atoms with van der Waals surface area (Å²) in [5.74, 6) is -0.0153. The molecule has 0 aliphatic heterocycles. The summed E-state index contributed by atoms with van der Waals surface area (Å²) in [7, 11) is 0. The van der Waals surface area contributed by atoms with Gasteiger partial charge in [0.25, 0.3) is 0 Å². The Balaban J connectivity index is 4.93. The van der Waals surface area contributed by atoms with Crippen LogP contribution in [0.15, 0.2) is 36.1 Å². The first-order valence-corrected chi connectivity index (χ1v) is 4.15. The van der Waals surface area contributed by atoms with Crippen LogP contribution in [-0.2, 0) is 0 Å². The summed E-state index contributed by atoms with van der Waals surface area (Å²) in [6.45, 7) is 7.09. The van der Waals surface area contributed by atoms with Crippen molar-refractivity contribution in [2.75, 3.05) is 0 Å². The van der Waals surface area contributed by atoms with E-state index in [1.165, 1.54) is 0 Å². The first kappa shape index (κ1) is 12.8. The maximum Gasteiger partial charge on any atom is 0.416 e. The summed E-state index contributed by atoms with van der Waals surface area (Å²) in [6.07, 6.45) is -1.68. The van der Waals surface area contributed by atoms with E-state index in [1.807, 2.05) is 0 Å². The summed E-state index contributed by atoms with van der Waals surface area (Å²) in [5, 5.41) is 0. The summed E-state index contributed by atoms with van der Waals surface area (Å²) in [6, 6.07) is 0. The van der Waals surface area contributed by atoms with Crippen LogP contribution in [0.1, 0.15) is 13.8 Å². The van der Waals surface area contributed by atoms with Crippen LogP contribution in [0.5, 0.6) is 0 Å². The molecule has 0 radical (unpaired) electrons. The standard InChI is InChI=1S/C10H14F3N/c1-7(2)8(3)6-9(4-5-14)10(11,12)13/h4-7H,3,14H2,1-2H3/b5-4-,9-6+. The molecular weight excluding hydrogens is 191 g/mol. The monoisotopic (exact) mass is 205 g/mol. The Morgan fingerprint density at radius 2 is 1.86 bits per heavy atom. The second-order valence-electron chi connectivity index (χ2n) is 3.19. The molecule has 2 N–H and O–H groups in total. The molecule has 14 heavy (non-hydrogen) atoms. The topological polar surface area (TPSA) is 26.0 Å². The van der Waals surface area contributed by atoms with Crippen molar-refractivity contribution in [3.05, 3.63) is 36.1 Å². The van der Waals surface area contributed by atoms with Gasteiger partial charge in [0.15, 0.2) is 0 Å². The lowest BCUT2D eigenvalue weighted by Gasteiger charge is -2.10. The predicted molar refractivity (Wildman–Crippen MR) is 51.4 cm³/mol. The molecule has 0 aliphatic carbocycles. The average Bonchev–Trinajstić information content (AvgIpc) is 2.01. The Labute approximate surface area is 81.8 Å². The minimum absolute atomic E-state index is 0.0153. The highest BCUT2D eigenvalue weighted by atomic mass is 19.4. The molecule has 0 saturated heterocycles. The maximum absolute atomic E-state index is 12.3. The molecular formula is C10H14F3N. The lowest BCUT2D eigenvalue weighted by Crippen LogP contribution is -2.11. The number of nitrogens with two attached hydrogens (primary N) is 1. The van der Waals surface area contributed by atoms with Crippen LogP contribution >= 0.6 is 0 Å². The van der Waals surface area contributed by atoms with E-state index in [4.69, 9.17) is 5.73 Å². The molecule has 0 amide bonds. The van der Waals surface area contributed by atoms with E-state index in [0.717, 1.165) is 18.4 Å². The number of alkyl halides is 3. The van der Waals surface area contributed by atoms with Crippen LogP contribution < -0.4 is 5.73 Å². The lowest BCUT2D eigenvalue weighted by atomic mass is 10.0. The van der Waals surface area contributed by atoms with Gasteiger partial charge in [0.2, 0.25) is 0 Å². The molecule has 0 saturated carbocycles.